The van der Waals surface area contributed by atoms with Gasteiger partial charge in [-0.3, -0.25) is 4.79 Å². The number of hydrogen-bond acceptors (Lipinski definition) is 6. The van der Waals surface area contributed by atoms with Crippen LogP contribution in [0, 0.1) is 5.92 Å². The van der Waals surface area contributed by atoms with Crippen molar-refractivity contribution < 1.29 is 4.79 Å². The normalized spacial score (nSPS) is 17.4. The molecule has 3 heterocycles. The zero-order valence-corrected chi connectivity index (χ0v) is 15.0. The predicted octanol–water partition coefficient (Wildman–Crippen LogP) is 2.52. The molecule has 124 valence electrons. The average molecular weight is 352 g/mol. The maximum atomic E-state index is 12.6. The van der Waals surface area contributed by atoms with Crippen molar-refractivity contribution in [3.63, 3.8) is 0 Å². The molecule has 0 N–H and O–H groups in total. The first kappa shape index (κ1) is 16.4. The van der Waals surface area contributed by atoms with Gasteiger partial charge in [0.25, 0.3) is 0 Å². The zero-order chi connectivity index (χ0) is 16.2. The second kappa shape index (κ2) is 7.44. The van der Waals surface area contributed by atoms with Crippen molar-refractivity contribution in [2.24, 2.45) is 5.92 Å². The van der Waals surface area contributed by atoms with Gasteiger partial charge in [-0.15, -0.1) is 16.4 Å². The van der Waals surface area contributed by atoms with Crippen LogP contribution in [0.15, 0.2) is 22.7 Å². The van der Waals surface area contributed by atoms with E-state index >= 15 is 0 Å². The highest BCUT2D eigenvalue weighted by Gasteiger charge is 2.26. The molecule has 1 saturated heterocycles. The number of carbonyl (C=O) groups excluding carboxylic acids is 1. The number of amides is 1. The van der Waals surface area contributed by atoms with E-state index in [4.69, 9.17) is 0 Å². The van der Waals surface area contributed by atoms with E-state index in [-0.39, 0.29) is 11.2 Å². The Morgan fingerprint density at radius 1 is 1.48 bits per heavy atom. The number of hydrogen-bond donors (Lipinski definition) is 0. The number of thiophene rings is 1. The molecule has 0 spiro atoms. The molecule has 1 unspecified atom stereocenters. The fourth-order valence-corrected chi connectivity index (χ4v) is 4.18. The molecule has 6 nitrogen and oxygen atoms in total. The molecular formula is C15H21N5OS2. The van der Waals surface area contributed by atoms with Gasteiger partial charge in [-0.05, 0) is 47.6 Å². The van der Waals surface area contributed by atoms with Crippen molar-refractivity contribution in [1.29, 1.82) is 0 Å². The summed E-state index contributed by atoms with van der Waals surface area (Å²) in [6.45, 7) is 6.57. The van der Waals surface area contributed by atoms with E-state index in [0.717, 1.165) is 31.8 Å². The number of piperidine rings is 1. The Morgan fingerprint density at radius 2 is 2.26 bits per heavy atom. The standard InChI is InChI=1S/C15H21N5OS2/c1-11-5-7-19(8-6-11)14(21)12(2)23-15-16-17-18-20(15)10-13-4-3-9-22-13/h3-4,9,11-12H,5-8,10H2,1-2H3. The van der Waals surface area contributed by atoms with Gasteiger partial charge in [-0.1, -0.05) is 24.8 Å². The van der Waals surface area contributed by atoms with Gasteiger partial charge in [0.1, 0.15) is 0 Å². The monoisotopic (exact) mass is 351 g/mol. The molecule has 1 aliphatic rings. The van der Waals surface area contributed by atoms with E-state index in [2.05, 4.69) is 28.5 Å². The molecule has 1 aliphatic heterocycles. The van der Waals surface area contributed by atoms with Crippen LogP contribution in [0.3, 0.4) is 0 Å². The van der Waals surface area contributed by atoms with Gasteiger partial charge in [0.15, 0.2) is 0 Å². The Hall–Kier alpha value is -1.41. The molecule has 2 aromatic rings. The molecular weight excluding hydrogens is 330 g/mol. The van der Waals surface area contributed by atoms with Crippen molar-refractivity contribution in [3.05, 3.63) is 22.4 Å². The van der Waals surface area contributed by atoms with Crippen molar-refractivity contribution in [2.45, 2.75) is 43.6 Å². The van der Waals surface area contributed by atoms with Crippen LogP contribution in [0.5, 0.6) is 0 Å². The van der Waals surface area contributed by atoms with E-state index in [1.54, 1.807) is 16.0 Å². The highest BCUT2D eigenvalue weighted by molar-refractivity contribution is 8.00. The van der Waals surface area contributed by atoms with Crippen LogP contribution >= 0.6 is 23.1 Å². The number of aromatic nitrogens is 4. The maximum Gasteiger partial charge on any atom is 0.235 e. The van der Waals surface area contributed by atoms with Gasteiger partial charge in [-0.2, -0.15) is 0 Å². The molecule has 0 aromatic carbocycles. The van der Waals surface area contributed by atoms with Crippen LogP contribution in [0.4, 0.5) is 0 Å². The Morgan fingerprint density at radius 3 is 2.96 bits per heavy atom. The third-order valence-corrected chi connectivity index (χ3v) is 6.03. The molecule has 2 aromatic heterocycles. The van der Waals surface area contributed by atoms with E-state index in [0.29, 0.717) is 11.7 Å². The van der Waals surface area contributed by atoms with Crippen LogP contribution < -0.4 is 0 Å². The number of nitrogens with zero attached hydrogens (tertiary/aromatic N) is 5. The molecule has 1 fully saturated rings. The van der Waals surface area contributed by atoms with Crippen molar-refractivity contribution in [3.8, 4) is 0 Å². The third-order valence-electron chi connectivity index (χ3n) is 4.11. The van der Waals surface area contributed by atoms with Crippen LogP contribution in [-0.4, -0.2) is 49.4 Å². The fourth-order valence-electron chi connectivity index (χ4n) is 2.62. The lowest BCUT2D eigenvalue weighted by atomic mass is 9.99. The number of carbonyl (C=O) groups is 1. The largest absolute Gasteiger partial charge is 0.342 e. The average Bonchev–Trinajstić information content (AvgIpc) is 3.20. The first-order valence-corrected chi connectivity index (χ1v) is 9.63. The summed E-state index contributed by atoms with van der Waals surface area (Å²) in [6.07, 6.45) is 2.19. The first-order valence-electron chi connectivity index (χ1n) is 7.87. The molecule has 0 bridgehead atoms. The van der Waals surface area contributed by atoms with Crippen molar-refractivity contribution in [1.82, 2.24) is 25.1 Å². The van der Waals surface area contributed by atoms with E-state index in [1.807, 2.05) is 23.3 Å². The Balaban J connectivity index is 1.60. The molecule has 23 heavy (non-hydrogen) atoms. The summed E-state index contributed by atoms with van der Waals surface area (Å²) in [7, 11) is 0. The Kier molecular flexibility index (Phi) is 5.32. The molecule has 1 amide bonds. The minimum atomic E-state index is -0.170. The molecule has 0 aliphatic carbocycles. The number of rotatable bonds is 5. The smallest absolute Gasteiger partial charge is 0.235 e. The lowest BCUT2D eigenvalue weighted by molar-refractivity contribution is -0.131. The van der Waals surface area contributed by atoms with Gasteiger partial charge in [0.05, 0.1) is 11.8 Å². The Bertz CT molecular complexity index is 634. The predicted molar refractivity (Wildman–Crippen MR) is 91.5 cm³/mol. The van der Waals surface area contributed by atoms with Gasteiger partial charge in [0.2, 0.25) is 11.1 Å². The summed E-state index contributed by atoms with van der Waals surface area (Å²) in [5, 5.41) is 14.4. The Labute approximate surface area is 144 Å². The van der Waals surface area contributed by atoms with Gasteiger partial charge in [-0.25, -0.2) is 4.68 Å². The number of tetrazole rings is 1. The van der Waals surface area contributed by atoms with Crippen LogP contribution in [0.1, 0.15) is 31.6 Å². The highest BCUT2D eigenvalue weighted by Crippen LogP contribution is 2.25. The zero-order valence-electron chi connectivity index (χ0n) is 13.4. The fraction of sp³-hybridized carbons (Fsp3) is 0.600. The molecule has 8 heteroatoms. The third kappa shape index (κ3) is 4.11. The van der Waals surface area contributed by atoms with Crippen LogP contribution in [0.2, 0.25) is 0 Å². The summed E-state index contributed by atoms with van der Waals surface area (Å²) in [6, 6.07) is 4.07. The first-order chi connectivity index (χ1) is 11.1. The van der Waals surface area contributed by atoms with Gasteiger partial charge < -0.3 is 4.90 Å². The van der Waals surface area contributed by atoms with E-state index < -0.39 is 0 Å². The summed E-state index contributed by atoms with van der Waals surface area (Å²) in [5.74, 6) is 0.910. The summed E-state index contributed by atoms with van der Waals surface area (Å²) in [4.78, 5) is 15.8. The molecule has 0 radical (unpaired) electrons. The highest BCUT2D eigenvalue weighted by atomic mass is 32.2. The second-order valence-electron chi connectivity index (χ2n) is 5.97. The minimum absolute atomic E-state index is 0.170. The van der Waals surface area contributed by atoms with E-state index in [9.17, 15) is 4.79 Å². The lowest BCUT2D eigenvalue weighted by Gasteiger charge is -2.31. The SMILES string of the molecule is CC1CCN(C(=O)C(C)Sc2nnnn2Cc2cccs2)CC1. The van der Waals surface area contributed by atoms with Crippen LogP contribution in [0.25, 0.3) is 0 Å². The van der Waals surface area contributed by atoms with Crippen LogP contribution in [-0.2, 0) is 11.3 Å². The quantitative estimate of drug-likeness (QED) is 0.775. The van der Waals surface area contributed by atoms with Gasteiger partial charge in [0, 0.05) is 18.0 Å². The summed E-state index contributed by atoms with van der Waals surface area (Å²) in [5.41, 5.74) is 0. The van der Waals surface area contributed by atoms with E-state index in [1.165, 1.54) is 16.6 Å². The molecule has 1 atom stereocenters. The molecule has 0 saturated carbocycles. The lowest BCUT2D eigenvalue weighted by Crippen LogP contribution is -2.41. The van der Waals surface area contributed by atoms with Crippen molar-refractivity contribution in [2.75, 3.05) is 13.1 Å². The number of thioether (sulfide) groups is 1. The summed E-state index contributed by atoms with van der Waals surface area (Å²) < 4.78 is 1.76. The van der Waals surface area contributed by atoms with Gasteiger partial charge >= 0.3 is 0 Å². The van der Waals surface area contributed by atoms with Crippen molar-refractivity contribution >= 4 is 29.0 Å². The minimum Gasteiger partial charge on any atom is -0.342 e. The maximum absolute atomic E-state index is 12.6. The second-order valence-corrected chi connectivity index (χ2v) is 8.31. The topological polar surface area (TPSA) is 63.9 Å². The molecule has 3 rings (SSSR count). The summed E-state index contributed by atoms with van der Waals surface area (Å²) >= 11 is 3.12. The number of likely N-dealkylation sites (tertiary alicyclic amines) is 1.